The number of rotatable bonds is 5. The maximum absolute atomic E-state index is 13.2. The number of benzene rings is 2. The molecule has 7 heteroatoms. The SMILES string of the molecule is Cc1cc([C@@H](C)Nc2ccc(Cl)nc2C(N)=O)c2oc(-c3ccccc3)c(C)c(=O)c2c1. The fourth-order valence-corrected chi connectivity index (χ4v) is 3.95. The van der Waals surface area contributed by atoms with E-state index in [4.69, 9.17) is 21.8 Å². The van der Waals surface area contributed by atoms with E-state index in [1.165, 1.54) is 0 Å². The van der Waals surface area contributed by atoms with Crippen LogP contribution in [0, 0.1) is 13.8 Å². The van der Waals surface area contributed by atoms with Crippen LogP contribution in [0.5, 0.6) is 0 Å². The molecule has 0 saturated heterocycles. The van der Waals surface area contributed by atoms with Crippen LogP contribution in [0.4, 0.5) is 5.69 Å². The Bertz CT molecular complexity index is 1400. The third kappa shape index (κ3) is 3.97. The van der Waals surface area contributed by atoms with Crippen LogP contribution in [-0.2, 0) is 0 Å². The van der Waals surface area contributed by atoms with Crippen LogP contribution in [0.2, 0.25) is 5.15 Å². The van der Waals surface area contributed by atoms with Crippen molar-refractivity contribution in [2.75, 3.05) is 5.32 Å². The van der Waals surface area contributed by atoms with Crippen molar-refractivity contribution in [1.82, 2.24) is 4.98 Å². The number of nitrogens with two attached hydrogens (primary N) is 1. The number of anilines is 1. The lowest BCUT2D eigenvalue weighted by Gasteiger charge is -2.20. The van der Waals surface area contributed by atoms with Crippen LogP contribution in [0.3, 0.4) is 0 Å². The quantitative estimate of drug-likeness (QED) is 0.399. The summed E-state index contributed by atoms with van der Waals surface area (Å²) in [4.78, 5) is 29.1. The molecule has 0 aliphatic carbocycles. The fourth-order valence-electron chi connectivity index (χ4n) is 3.80. The van der Waals surface area contributed by atoms with Gasteiger partial charge in [-0.1, -0.05) is 48.0 Å². The molecule has 0 bridgehead atoms. The number of fused-ring (bicyclic) bond motifs is 1. The summed E-state index contributed by atoms with van der Waals surface area (Å²) < 4.78 is 6.33. The highest BCUT2D eigenvalue weighted by Gasteiger charge is 2.20. The molecular formula is C25H22ClN3O3. The number of carbonyl (C=O) groups is 1. The third-order valence-electron chi connectivity index (χ3n) is 5.36. The molecule has 2 aromatic carbocycles. The van der Waals surface area contributed by atoms with Crippen LogP contribution in [0.15, 0.2) is 63.8 Å². The molecule has 3 N–H and O–H groups in total. The summed E-state index contributed by atoms with van der Waals surface area (Å²) >= 11 is 5.92. The van der Waals surface area contributed by atoms with Crippen LogP contribution >= 0.6 is 11.6 Å². The molecule has 0 aliphatic heterocycles. The predicted octanol–water partition coefficient (Wildman–Crippen LogP) is 5.40. The van der Waals surface area contributed by atoms with Gasteiger partial charge in [0.1, 0.15) is 16.5 Å². The first-order valence-electron chi connectivity index (χ1n) is 10.1. The Hall–Kier alpha value is -3.64. The first kappa shape index (κ1) is 21.6. The van der Waals surface area contributed by atoms with Crippen molar-refractivity contribution in [2.45, 2.75) is 26.8 Å². The van der Waals surface area contributed by atoms with Crippen LogP contribution in [0.25, 0.3) is 22.3 Å². The Labute approximate surface area is 190 Å². The Morgan fingerprint density at radius 1 is 1.12 bits per heavy atom. The Morgan fingerprint density at radius 3 is 2.53 bits per heavy atom. The number of halogens is 1. The molecule has 4 aromatic rings. The van der Waals surface area contributed by atoms with Crippen LogP contribution in [0.1, 0.15) is 40.1 Å². The number of hydrogen-bond donors (Lipinski definition) is 2. The van der Waals surface area contributed by atoms with Crippen molar-refractivity contribution in [3.05, 3.63) is 92.4 Å². The molecule has 0 aliphatic rings. The zero-order chi connectivity index (χ0) is 23.0. The minimum absolute atomic E-state index is 0.0450. The molecule has 162 valence electrons. The number of pyridine rings is 1. The number of aryl methyl sites for hydroxylation is 1. The molecule has 0 fully saturated rings. The number of aromatic nitrogens is 1. The second-order valence-electron chi connectivity index (χ2n) is 7.74. The van der Waals surface area contributed by atoms with E-state index in [9.17, 15) is 9.59 Å². The monoisotopic (exact) mass is 447 g/mol. The highest BCUT2D eigenvalue weighted by Crippen LogP contribution is 2.32. The van der Waals surface area contributed by atoms with E-state index < -0.39 is 5.91 Å². The Morgan fingerprint density at radius 2 is 1.84 bits per heavy atom. The standard InChI is InChI=1S/C25H22ClN3O3/c1-13-11-17(15(3)28-19-9-10-20(26)29-21(19)25(27)31)24-18(12-13)22(30)14(2)23(32-24)16-7-5-4-6-8-16/h4-12,15,28H,1-3H3,(H2,27,31)/t15-/m1/s1. The summed E-state index contributed by atoms with van der Waals surface area (Å²) in [6, 6.07) is 16.2. The van der Waals surface area contributed by atoms with Gasteiger partial charge >= 0.3 is 0 Å². The normalized spacial score (nSPS) is 12.0. The summed E-state index contributed by atoms with van der Waals surface area (Å²) in [5, 5.41) is 3.95. The van der Waals surface area contributed by atoms with Crippen molar-refractivity contribution < 1.29 is 9.21 Å². The molecule has 0 saturated carbocycles. The van der Waals surface area contributed by atoms with Gasteiger partial charge in [0.05, 0.1) is 17.1 Å². The number of primary amides is 1. The van der Waals surface area contributed by atoms with Crippen LogP contribution < -0.4 is 16.5 Å². The smallest absolute Gasteiger partial charge is 0.269 e. The van der Waals surface area contributed by atoms with E-state index in [0.29, 0.717) is 28.0 Å². The van der Waals surface area contributed by atoms with Gasteiger partial charge in [0.15, 0.2) is 11.1 Å². The number of hydrogen-bond acceptors (Lipinski definition) is 5. The lowest BCUT2D eigenvalue weighted by atomic mass is 9.98. The molecule has 1 atom stereocenters. The molecule has 0 unspecified atom stereocenters. The van der Waals surface area contributed by atoms with Gasteiger partial charge in [-0.05, 0) is 44.5 Å². The van der Waals surface area contributed by atoms with Gasteiger partial charge in [-0.2, -0.15) is 0 Å². The Balaban J connectivity index is 1.88. The maximum Gasteiger partial charge on any atom is 0.269 e. The van der Waals surface area contributed by atoms with Gasteiger partial charge in [0, 0.05) is 16.7 Å². The minimum Gasteiger partial charge on any atom is -0.455 e. The average molecular weight is 448 g/mol. The number of nitrogens with zero attached hydrogens (tertiary/aromatic N) is 1. The van der Waals surface area contributed by atoms with Gasteiger partial charge in [0.2, 0.25) is 0 Å². The van der Waals surface area contributed by atoms with E-state index in [0.717, 1.165) is 16.7 Å². The van der Waals surface area contributed by atoms with Gasteiger partial charge in [-0.25, -0.2) is 4.98 Å². The van der Waals surface area contributed by atoms with Crippen molar-refractivity contribution >= 4 is 34.2 Å². The first-order valence-corrected chi connectivity index (χ1v) is 10.5. The average Bonchev–Trinajstić information content (AvgIpc) is 2.77. The van der Waals surface area contributed by atoms with Crippen molar-refractivity contribution in [1.29, 1.82) is 0 Å². The summed E-state index contributed by atoms with van der Waals surface area (Å²) in [5.41, 5.74) is 9.46. The van der Waals surface area contributed by atoms with E-state index in [1.807, 2.05) is 56.3 Å². The molecule has 1 amide bonds. The molecule has 0 radical (unpaired) electrons. The van der Waals surface area contributed by atoms with E-state index in [2.05, 4.69) is 10.3 Å². The van der Waals surface area contributed by atoms with Gasteiger partial charge in [-0.15, -0.1) is 0 Å². The highest BCUT2D eigenvalue weighted by atomic mass is 35.5. The maximum atomic E-state index is 13.2. The highest BCUT2D eigenvalue weighted by molar-refractivity contribution is 6.29. The summed E-state index contributed by atoms with van der Waals surface area (Å²) in [6.07, 6.45) is 0. The van der Waals surface area contributed by atoms with E-state index >= 15 is 0 Å². The molecule has 2 aromatic heterocycles. The summed E-state index contributed by atoms with van der Waals surface area (Å²) in [7, 11) is 0. The lowest BCUT2D eigenvalue weighted by molar-refractivity contribution is 0.0996. The van der Waals surface area contributed by atoms with Crippen molar-refractivity contribution in [2.24, 2.45) is 5.73 Å². The molecule has 4 rings (SSSR count). The van der Waals surface area contributed by atoms with E-state index in [-0.39, 0.29) is 22.3 Å². The second-order valence-corrected chi connectivity index (χ2v) is 8.13. The Kier molecular flexibility index (Phi) is 5.72. The summed E-state index contributed by atoms with van der Waals surface area (Å²) in [6.45, 7) is 5.61. The zero-order valence-corrected chi connectivity index (χ0v) is 18.7. The number of carbonyl (C=O) groups excluding carboxylic acids is 1. The molecule has 0 spiro atoms. The summed E-state index contributed by atoms with van der Waals surface area (Å²) in [5.74, 6) is -0.156. The first-order chi connectivity index (χ1) is 15.3. The minimum atomic E-state index is -0.690. The van der Waals surface area contributed by atoms with Crippen molar-refractivity contribution in [3.8, 4) is 11.3 Å². The molecular weight excluding hydrogens is 426 g/mol. The second kappa shape index (κ2) is 8.48. The van der Waals surface area contributed by atoms with E-state index in [1.54, 1.807) is 19.1 Å². The van der Waals surface area contributed by atoms with Gasteiger partial charge in [-0.3, -0.25) is 9.59 Å². The largest absolute Gasteiger partial charge is 0.455 e. The van der Waals surface area contributed by atoms with Gasteiger partial charge < -0.3 is 15.5 Å². The molecule has 32 heavy (non-hydrogen) atoms. The topological polar surface area (TPSA) is 98.2 Å². The van der Waals surface area contributed by atoms with Crippen LogP contribution in [-0.4, -0.2) is 10.9 Å². The zero-order valence-electron chi connectivity index (χ0n) is 17.9. The molecule has 6 nitrogen and oxygen atoms in total. The number of amides is 1. The van der Waals surface area contributed by atoms with Gasteiger partial charge in [0.25, 0.3) is 5.91 Å². The molecule has 2 heterocycles. The third-order valence-corrected chi connectivity index (χ3v) is 5.57. The number of nitrogens with one attached hydrogen (secondary N) is 1. The lowest BCUT2D eigenvalue weighted by Crippen LogP contribution is -2.18. The fraction of sp³-hybridized carbons (Fsp3) is 0.160. The van der Waals surface area contributed by atoms with Crippen molar-refractivity contribution in [3.63, 3.8) is 0 Å². The predicted molar refractivity (Wildman–Crippen MR) is 127 cm³/mol.